The van der Waals surface area contributed by atoms with E-state index in [1.165, 1.54) is 17.8 Å². The molecular formula is C21H16F2N6OS. The van der Waals surface area contributed by atoms with Gasteiger partial charge >= 0.3 is 0 Å². The molecule has 10 heteroatoms. The molecule has 4 rings (SSSR count). The summed E-state index contributed by atoms with van der Waals surface area (Å²) in [5, 5.41) is 11.3. The topological polar surface area (TPSA) is 85.6 Å². The second-order valence-electron chi connectivity index (χ2n) is 6.54. The van der Waals surface area contributed by atoms with Crippen LogP contribution in [-0.2, 0) is 5.75 Å². The maximum Gasteiger partial charge on any atom is 0.278 e. The zero-order valence-electron chi connectivity index (χ0n) is 16.3. The van der Waals surface area contributed by atoms with Gasteiger partial charge in [-0.1, -0.05) is 34.7 Å². The molecule has 2 aromatic carbocycles. The van der Waals surface area contributed by atoms with Gasteiger partial charge in [-0.3, -0.25) is 4.79 Å². The van der Waals surface area contributed by atoms with Crippen LogP contribution in [0.1, 0.15) is 21.7 Å². The van der Waals surface area contributed by atoms with Gasteiger partial charge in [-0.05, 0) is 37.3 Å². The Bertz CT molecular complexity index is 1210. The molecular weight excluding hydrogens is 422 g/mol. The number of nitrogens with one attached hydrogen (secondary N) is 1. The third-order valence-corrected chi connectivity index (χ3v) is 5.20. The van der Waals surface area contributed by atoms with Gasteiger partial charge in [0, 0.05) is 29.9 Å². The van der Waals surface area contributed by atoms with Crippen LogP contribution in [0.4, 0.5) is 14.5 Å². The molecule has 0 aliphatic heterocycles. The lowest BCUT2D eigenvalue weighted by atomic mass is 10.2. The molecule has 7 nitrogen and oxygen atoms in total. The van der Waals surface area contributed by atoms with Gasteiger partial charge in [0.2, 0.25) is 0 Å². The van der Waals surface area contributed by atoms with E-state index in [2.05, 4.69) is 25.6 Å². The van der Waals surface area contributed by atoms with Crippen LogP contribution in [0.3, 0.4) is 0 Å². The van der Waals surface area contributed by atoms with E-state index in [0.717, 1.165) is 23.4 Å². The average Bonchev–Trinajstić information content (AvgIpc) is 3.20. The fourth-order valence-electron chi connectivity index (χ4n) is 2.76. The summed E-state index contributed by atoms with van der Waals surface area (Å²) in [6.07, 6.45) is 3.25. The van der Waals surface area contributed by atoms with Crippen LogP contribution in [0.25, 0.3) is 5.69 Å². The normalized spacial score (nSPS) is 10.8. The first kappa shape index (κ1) is 20.6. The fraction of sp³-hybridized carbons (Fsp3) is 0.0952. The van der Waals surface area contributed by atoms with E-state index in [-0.39, 0.29) is 11.4 Å². The highest BCUT2D eigenvalue weighted by atomic mass is 32.2. The number of amides is 1. The predicted octanol–water partition coefficient (Wildman–Crippen LogP) is 4.19. The molecule has 1 amide bonds. The number of anilines is 1. The van der Waals surface area contributed by atoms with Gasteiger partial charge in [-0.25, -0.2) is 23.4 Å². The van der Waals surface area contributed by atoms with Crippen molar-refractivity contribution in [3.63, 3.8) is 0 Å². The minimum atomic E-state index is -1.06. The average molecular weight is 438 g/mol. The standard InChI is InChI=1S/C21H16F2N6OS/c1-13-3-6-15(7-4-13)29-18(12-31-21-24-9-2-10-25-21)19(27-28-29)20(30)26-14-5-8-16(22)17(23)11-14/h2-11H,12H2,1H3,(H,26,30). The van der Waals surface area contributed by atoms with Crippen LogP contribution in [0.5, 0.6) is 0 Å². The van der Waals surface area contributed by atoms with E-state index < -0.39 is 17.5 Å². The Labute approximate surface area is 180 Å². The van der Waals surface area contributed by atoms with E-state index >= 15 is 0 Å². The number of hydrogen-bond donors (Lipinski definition) is 1. The van der Waals surface area contributed by atoms with Crippen molar-refractivity contribution in [1.29, 1.82) is 0 Å². The molecule has 0 radical (unpaired) electrons. The number of aromatic nitrogens is 5. The molecule has 0 aliphatic carbocycles. The number of benzene rings is 2. The van der Waals surface area contributed by atoms with Crippen molar-refractivity contribution >= 4 is 23.4 Å². The second-order valence-corrected chi connectivity index (χ2v) is 7.48. The van der Waals surface area contributed by atoms with E-state index in [1.807, 2.05) is 31.2 Å². The molecule has 0 aliphatic rings. The Kier molecular flexibility index (Phi) is 5.99. The summed E-state index contributed by atoms with van der Waals surface area (Å²) < 4.78 is 28.2. The van der Waals surface area contributed by atoms with Crippen LogP contribution in [-0.4, -0.2) is 30.9 Å². The van der Waals surface area contributed by atoms with Crippen molar-refractivity contribution in [2.24, 2.45) is 0 Å². The van der Waals surface area contributed by atoms with Gasteiger partial charge < -0.3 is 5.32 Å². The van der Waals surface area contributed by atoms with Crippen molar-refractivity contribution in [3.8, 4) is 5.69 Å². The molecule has 2 heterocycles. The summed E-state index contributed by atoms with van der Waals surface area (Å²) >= 11 is 1.32. The van der Waals surface area contributed by atoms with Gasteiger partial charge in [0.25, 0.3) is 5.91 Å². The van der Waals surface area contributed by atoms with E-state index in [4.69, 9.17) is 0 Å². The number of nitrogens with zero attached hydrogens (tertiary/aromatic N) is 5. The molecule has 0 atom stereocenters. The van der Waals surface area contributed by atoms with Gasteiger partial charge in [-0.15, -0.1) is 5.10 Å². The van der Waals surface area contributed by atoms with Crippen molar-refractivity contribution < 1.29 is 13.6 Å². The summed E-state index contributed by atoms with van der Waals surface area (Å²) in [6.45, 7) is 1.97. The first-order valence-corrected chi connectivity index (χ1v) is 10.2. The van der Waals surface area contributed by atoms with Crippen LogP contribution in [0.2, 0.25) is 0 Å². The minimum absolute atomic E-state index is 0.0636. The number of carbonyl (C=O) groups is 1. The third kappa shape index (κ3) is 4.75. The molecule has 1 N–H and O–H groups in total. The highest BCUT2D eigenvalue weighted by Crippen LogP contribution is 2.24. The van der Waals surface area contributed by atoms with E-state index in [9.17, 15) is 13.6 Å². The molecule has 0 bridgehead atoms. The monoisotopic (exact) mass is 438 g/mol. The largest absolute Gasteiger partial charge is 0.320 e. The molecule has 0 saturated heterocycles. The SMILES string of the molecule is Cc1ccc(-n2nnc(C(=O)Nc3ccc(F)c(F)c3)c2CSc2ncccn2)cc1. The lowest BCUT2D eigenvalue weighted by molar-refractivity contribution is 0.102. The highest BCUT2D eigenvalue weighted by Gasteiger charge is 2.22. The molecule has 0 unspecified atom stereocenters. The molecule has 0 fully saturated rings. The molecule has 4 aromatic rings. The number of hydrogen-bond acceptors (Lipinski definition) is 6. The lowest BCUT2D eigenvalue weighted by Crippen LogP contribution is -2.15. The second kappa shape index (κ2) is 9.00. The van der Waals surface area contributed by atoms with Crippen LogP contribution >= 0.6 is 11.8 Å². The Hall–Kier alpha value is -3.66. The molecule has 0 spiro atoms. The van der Waals surface area contributed by atoms with Gasteiger partial charge in [0.05, 0.1) is 11.4 Å². The first-order valence-electron chi connectivity index (χ1n) is 9.19. The van der Waals surface area contributed by atoms with Crippen LogP contribution in [0.15, 0.2) is 66.1 Å². The predicted molar refractivity (Wildman–Crippen MR) is 112 cm³/mol. The van der Waals surface area contributed by atoms with Gasteiger partial charge in [-0.2, -0.15) is 0 Å². The summed E-state index contributed by atoms with van der Waals surface area (Å²) in [5.74, 6) is -2.33. The van der Waals surface area contributed by atoms with Gasteiger partial charge in [0.15, 0.2) is 22.5 Å². The fourth-order valence-corrected chi connectivity index (χ4v) is 3.55. The Balaban J connectivity index is 1.66. The maximum absolute atomic E-state index is 13.5. The number of rotatable bonds is 6. The first-order chi connectivity index (χ1) is 15.0. The summed E-state index contributed by atoms with van der Waals surface area (Å²) in [4.78, 5) is 21.2. The van der Waals surface area contributed by atoms with Crippen molar-refractivity contribution in [2.75, 3.05) is 5.32 Å². The lowest BCUT2D eigenvalue weighted by Gasteiger charge is -2.09. The zero-order valence-corrected chi connectivity index (χ0v) is 17.1. The Morgan fingerprint density at radius 1 is 1.06 bits per heavy atom. The maximum atomic E-state index is 13.5. The zero-order chi connectivity index (χ0) is 21.8. The summed E-state index contributed by atoms with van der Waals surface area (Å²) in [6, 6.07) is 12.4. The van der Waals surface area contributed by atoms with Crippen molar-refractivity contribution in [3.05, 3.63) is 89.5 Å². The number of aryl methyl sites for hydroxylation is 1. The summed E-state index contributed by atoms with van der Waals surface area (Å²) in [5.41, 5.74) is 2.50. The molecule has 31 heavy (non-hydrogen) atoms. The van der Waals surface area contributed by atoms with Crippen molar-refractivity contribution in [1.82, 2.24) is 25.0 Å². The van der Waals surface area contributed by atoms with Crippen LogP contribution < -0.4 is 5.32 Å². The Morgan fingerprint density at radius 2 is 1.81 bits per heavy atom. The smallest absolute Gasteiger partial charge is 0.278 e. The van der Waals surface area contributed by atoms with Gasteiger partial charge in [0.1, 0.15) is 0 Å². The number of thioether (sulfide) groups is 1. The van der Waals surface area contributed by atoms with Crippen LogP contribution in [0, 0.1) is 18.6 Å². The third-order valence-electron chi connectivity index (χ3n) is 4.31. The molecule has 2 aromatic heterocycles. The molecule has 0 saturated carbocycles. The summed E-state index contributed by atoms with van der Waals surface area (Å²) in [7, 11) is 0. The van der Waals surface area contributed by atoms with E-state index in [1.54, 1.807) is 23.1 Å². The minimum Gasteiger partial charge on any atom is -0.320 e. The number of carbonyl (C=O) groups excluding carboxylic acids is 1. The highest BCUT2D eigenvalue weighted by molar-refractivity contribution is 7.98. The van der Waals surface area contributed by atoms with Crippen molar-refractivity contribution in [2.45, 2.75) is 17.8 Å². The molecule has 156 valence electrons. The number of halogens is 2. The Morgan fingerprint density at radius 3 is 2.52 bits per heavy atom. The van der Waals surface area contributed by atoms with E-state index in [0.29, 0.717) is 16.6 Å². The quantitative estimate of drug-likeness (QED) is 0.359.